The van der Waals surface area contributed by atoms with E-state index < -0.39 is 20.8 Å². The van der Waals surface area contributed by atoms with Crippen LogP contribution in [-0.4, -0.2) is 54.7 Å². The number of rotatable bonds is 9. The molecule has 28 heavy (non-hydrogen) atoms. The zero-order chi connectivity index (χ0) is 21.2. The van der Waals surface area contributed by atoms with Gasteiger partial charge < -0.3 is 14.9 Å². The second-order valence-corrected chi connectivity index (χ2v) is 11.6. The van der Waals surface area contributed by atoms with Gasteiger partial charge in [-0.2, -0.15) is 0 Å². The van der Waals surface area contributed by atoms with Crippen molar-refractivity contribution in [2.75, 3.05) is 18.6 Å². The van der Waals surface area contributed by atoms with E-state index >= 15 is 0 Å². The molecule has 0 spiro atoms. The molecule has 7 nitrogen and oxygen atoms in total. The van der Waals surface area contributed by atoms with Gasteiger partial charge in [0.15, 0.2) is 5.78 Å². The molecule has 1 saturated carbocycles. The third-order valence-corrected chi connectivity index (χ3v) is 6.71. The Morgan fingerprint density at radius 3 is 2.39 bits per heavy atom. The van der Waals surface area contributed by atoms with E-state index in [1.54, 1.807) is 6.07 Å². The van der Waals surface area contributed by atoms with E-state index in [9.17, 15) is 18.3 Å². The van der Waals surface area contributed by atoms with Crippen LogP contribution in [0.4, 0.5) is 0 Å². The van der Waals surface area contributed by atoms with Crippen LogP contribution in [-0.2, 0) is 26.5 Å². The van der Waals surface area contributed by atoms with Crippen LogP contribution in [0.15, 0.2) is 10.6 Å². The fraction of sp³-hybridized carbons (Fsp3) is 0.800. The number of aromatic nitrogens is 1. The maximum absolute atomic E-state index is 12.8. The van der Waals surface area contributed by atoms with Crippen LogP contribution < -0.4 is 5.32 Å². The summed E-state index contributed by atoms with van der Waals surface area (Å²) in [6, 6.07) is 1.94. The average molecular weight is 415 g/mol. The predicted octanol–water partition coefficient (Wildman–Crippen LogP) is 2.03. The Balaban J connectivity index is 1.90. The van der Waals surface area contributed by atoms with Gasteiger partial charge in [-0.25, -0.2) is 8.42 Å². The number of sulfone groups is 1. The van der Waals surface area contributed by atoms with Gasteiger partial charge in [-0.15, -0.1) is 0 Å². The fourth-order valence-electron chi connectivity index (χ4n) is 3.67. The molecule has 0 radical (unpaired) electrons. The van der Waals surface area contributed by atoms with Gasteiger partial charge >= 0.3 is 0 Å². The molecule has 0 saturated heterocycles. The minimum Gasteiger partial charge on any atom is -0.395 e. The van der Waals surface area contributed by atoms with Gasteiger partial charge in [-0.05, 0) is 45.4 Å². The molecule has 8 heteroatoms. The molecule has 0 atom stereocenters. The molecule has 0 bridgehead atoms. The standard InChI is InChI=1S/C20H34N2O5S/c1-19(2,13-23)17-10-16(27-22-17)11-18(24)20(3,4)21-15-8-6-14(7-9-15)12-28(5,25)26/h10,14-15,21,23H,6-9,11-13H2,1-5H3. The highest BCUT2D eigenvalue weighted by Gasteiger charge is 2.33. The van der Waals surface area contributed by atoms with Crippen molar-refractivity contribution in [1.82, 2.24) is 10.5 Å². The maximum Gasteiger partial charge on any atom is 0.159 e. The summed E-state index contributed by atoms with van der Waals surface area (Å²) in [5.41, 5.74) is -0.593. The third-order valence-electron chi connectivity index (χ3n) is 5.63. The van der Waals surface area contributed by atoms with Crippen molar-refractivity contribution in [3.63, 3.8) is 0 Å². The molecule has 160 valence electrons. The Bertz CT molecular complexity index is 774. The van der Waals surface area contributed by atoms with Crippen molar-refractivity contribution >= 4 is 15.6 Å². The average Bonchev–Trinajstić information content (AvgIpc) is 3.04. The van der Waals surface area contributed by atoms with E-state index in [1.807, 2.05) is 27.7 Å². The van der Waals surface area contributed by atoms with Crippen molar-refractivity contribution in [3.8, 4) is 0 Å². The van der Waals surface area contributed by atoms with Gasteiger partial charge in [0.1, 0.15) is 15.6 Å². The second kappa shape index (κ2) is 8.63. The third kappa shape index (κ3) is 6.39. The summed E-state index contributed by atoms with van der Waals surface area (Å²) in [6.07, 6.45) is 4.88. The molecule has 1 heterocycles. The van der Waals surface area contributed by atoms with Crippen LogP contribution >= 0.6 is 0 Å². The summed E-state index contributed by atoms with van der Waals surface area (Å²) in [6.45, 7) is 7.41. The van der Waals surface area contributed by atoms with E-state index in [0.717, 1.165) is 25.7 Å². The molecule has 1 aliphatic rings. The Hall–Kier alpha value is -1.25. The van der Waals surface area contributed by atoms with E-state index in [2.05, 4.69) is 10.5 Å². The van der Waals surface area contributed by atoms with Gasteiger partial charge in [0.2, 0.25) is 0 Å². The van der Waals surface area contributed by atoms with Crippen molar-refractivity contribution in [3.05, 3.63) is 17.5 Å². The number of ketones is 1. The lowest BCUT2D eigenvalue weighted by molar-refractivity contribution is -0.124. The van der Waals surface area contributed by atoms with E-state index in [0.29, 0.717) is 11.5 Å². The number of aliphatic hydroxyl groups is 1. The quantitative estimate of drug-likeness (QED) is 0.636. The van der Waals surface area contributed by atoms with Crippen LogP contribution in [0.1, 0.15) is 64.8 Å². The lowest BCUT2D eigenvalue weighted by atomic mass is 9.85. The molecule has 0 aromatic carbocycles. The molecule has 1 fully saturated rings. The largest absolute Gasteiger partial charge is 0.395 e. The van der Waals surface area contributed by atoms with Crippen molar-refractivity contribution < 1.29 is 22.8 Å². The van der Waals surface area contributed by atoms with Gasteiger partial charge in [-0.1, -0.05) is 19.0 Å². The topological polar surface area (TPSA) is 110 Å². The molecule has 1 aliphatic carbocycles. The number of Topliss-reactive ketones (excluding diaryl/α,β-unsaturated/α-hetero) is 1. The zero-order valence-electron chi connectivity index (χ0n) is 17.6. The highest BCUT2D eigenvalue weighted by atomic mass is 32.2. The lowest BCUT2D eigenvalue weighted by Crippen LogP contribution is -2.53. The first-order valence-corrected chi connectivity index (χ1v) is 11.9. The van der Waals surface area contributed by atoms with Crippen molar-refractivity contribution in [2.45, 2.75) is 76.8 Å². The summed E-state index contributed by atoms with van der Waals surface area (Å²) in [5.74, 6) is 0.970. The Morgan fingerprint density at radius 1 is 1.25 bits per heavy atom. The summed E-state index contributed by atoms with van der Waals surface area (Å²) in [5, 5.41) is 16.9. The first-order valence-electron chi connectivity index (χ1n) is 9.88. The van der Waals surface area contributed by atoms with Crippen molar-refractivity contribution in [2.24, 2.45) is 5.92 Å². The molecule has 2 N–H and O–H groups in total. The fourth-order valence-corrected chi connectivity index (χ4v) is 4.86. The van der Waals surface area contributed by atoms with Gasteiger partial charge in [-0.3, -0.25) is 4.79 Å². The first kappa shape index (κ1) is 23.0. The molecule has 0 unspecified atom stereocenters. The maximum atomic E-state index is 12.8. The molecule has 0 amide bonds. The number of carbonyl (C=O) groups is 1. The second-order valence-electron chi connectivity index (χ2n) is 9.40. The van der Waals surface area contributed by atoms with E-state index in [4.69, 9.17) is 4.52 Å². The van der Waals surface area contributed by atoms with E-state index in [-0.39, 0.29) is 36.5 Å². The van der Waals surface area contributed by atoms with Gasteiger partial charge in [0, 0.05) is 23.8 Å². The normalized spacial score (nSPS) is 21.6. The number of nitrogens with one attached hydrogen (secondary N) is 1. The minimum atomic E-state index is -2.94. The molecule has 1 aromatic rings. The smallest absolute Gasteiger partial charge is 0.159 e. The number of hydrogen-bond donors (Lipinski definition) is 2. The number of nitrogens with zero attached hydrogens (tertiary/aromatic N) is 1. The number of carbonyl (C=O) groups excluding carboxylic acids is 1. The minimum absolute atomic E-state index is 0.00950. The monoisotopic (exact) mass is 414 g/mol. The Morgan fingerprint density at radius 2 is 1.86 bits per heavy atom. The van der Waals surface area contributed by atoms with Crippen LogP contribution in [0, 0.1) is 5.92 Å². The molecular weight excluding hydrogens is 380 g/mol. The Kier molecular flexibility index (Phi) is 7.10. The molecule has 2 rings (SSSR count). The van der Waals surface area contributed by atoms with Gasteiger partial charge in [0.05, 0.1) is 30.0 Å². The molecular formula is C20H34N2O5S. The Labute approximate surface area is 168 Å². The summed E-state index contributed by atoms with van der Waals surface area (Å²) >= 11 is 0. The SMILES string of the molecule is CC(C)(NC1CCC(CS(C)(=O)=O)CC1)C(=O)Cc1cc(C(C)(C)CO)no1. The van der Waals surface area contributed by atoms with Crippen LogP contribution in [0.3, 0.4) is 0 Å². The molecule has 1 aromatic heterocycles. The number of aliphatic hydroxyl groups excluding tert-OH is 1. The highest BCUT2D eigenvalue weighted by molar-refractivity contribution is 7.90. The van der Waals surface area contributed by atoms with Crippen LogP contribution in [0.5, 0.6) is 0 Å². The zero-order valence-corrected chi connectivity index (χ0v) is 18.4. The van der Waals surface area contributed by atoms with E-state index in [1.165, 1.54) is 6.26 Å². The summed E-state index contributed by atoms with van der Waals surface area (Å²) in [4.78, 5) is 12.8. The first-order chi connectivity index (χ1) is 12.8. The summed E-state index contributed by atoms with van der Waals surface area (Å²) in [7, 11) is -2.94. The summed E-state index contributed by atoms with van der Waals surface area (Å²) < 4.78 is 28.2. The predicted molar refractivity (Wildman–Crippen MR) is 108 cm³/mol. The van der Waals surface area contributed by atoms with Gasteiger partial charge in [0.25, 0.3) is 0 Å². The van der Waals surface area contributed by atoms with Crippen LogP contribution in [0.2, 0.25) is 0 Å². The highest BCUT2D eigenvalue weighted by Crippen LogP contribution is 2.27. The molecule has 0 aliphatic heterocycles. The lowest BCUT2D eigenvalue weighted by Gasteiger charge is -2.35. The van der Waals surface area contributed by atoms with Crippen LogP contribution in [0.25, 0.3) is 0 Å². The van der Waals surface area contributed by atoms with Crippen molar-refractivity contribution in [1.29, 1.82) is 0 Å². The number of hydrogen-bond acceptors (Lipinski definition) is 7.